The van der Waals surface area contributed by atoms with Crippen LogP contribution in [0, 0.1) is 19.7 Å². The molecule has 8 heteroatoms. The number of benzene rings is 2. The summed E-state index contributed by atoms with van der Waals surface area (Å²) in [5, 5.41) is 0. The Morgan fingerprint density at radius 3 is 2.03 bits per heavy atom. The third-order valence-corrected chi connectivity index (χ3v) is 6.55. The van der Waals surface area contributed by atoms with Gasteiger partial charge >= 0.3 is 0 Å². The van der Waals surface area contributed by atoms with Crippen LogP contribution < -0.4 is 9.21 Å². The van der Waals surface area contributed by atoms with E-state index in [0.29, 0.717) is 31.9 Å². The van der Waals surface area contributed by atoms with Gasteiger partial charge in [-0.15, -0.1) is 0 Å². The van der Waals surface area contributed by atoms with E-state index in [1.54, 1.807) is 36.1 Å². The van der Waals surface area contributed by atoms with Crippen LogP contribution in [0.1, 0.15) is 18.1 Å². The molecule has 0 N–H and O–H groups in total. The van der Waals surface area contributed by atoms with E-state index in [0.717, 1.165) is 23.1 Å². The number of carbonyl (C=O) groups is 1. The molecule has 1 atom stereocenters. The fourth-order valence-electron chi connectivity index (χ4n) is 3.98. The van der Waals surface area contributed by atoms with Crippen molar-refractivity contribution >= 4 is 27.3 Å². The van der Waals surface area contributed by atoms with Crippen LogP contribution in [0.3, 0.4) is 0 Å². The van der Waals surface area contributed by atoms with E-state index in [1.807, 2.05) is 19.9 Å². The van der Waals surface area contributed by atoms with E-state index in [1.165, 1.54) is 16.4 Å². The molecule has 6 nitrogen and oxygen atoms in total. The topological polar surface area (TPSA) is 60.9 Å². The number of rotatable bonds is 5. The number of halogens is 1. The van der Waals surface area contributed by atoms with Crippen LogP contribution in [-0.2, 0) is 14.8 Å². The average Bonchev–Trinajstić information content (AvgIpc) is 2.66. The molecule has 2 aromatic carbocycles. The van der Waals surface area contributed by atoms with Crippen molar-refractivity contribution in [3.63, 3.8) is 0 Å². The summed E-state index contributed by atoms with van der Waals surface area (Å²) in [4.78, 5) is 17.0. The van der Waals surface area contributed by atoms with Gasteiger partial charge in [0.1, 0.15) is 11.9 Å². The molecular weight excluding hydrogens is 405 g/mol. The summed E-state index contributed by atoms with van der Waals surface area (Å²) in [6, 6.07) is 11.0. The van der Waals surface area contributed by atoms with Crippen molar-refractivity contribution in [1.82, 2.24) is 4.90 Å². The zero-order valence-electron chi connectivity index (χ0n) is 17.8. The summed E-state index contributed by atoms with van der Waals surface area (Å²) in [6.45, 7) is 7.60. The van der Waals surface area contributed by atoms with Gasteiger partial charge in [-0.05, 0) is 68.3 Å². The third kappa shape index (κ3) is 4.92. The molecule has 1 heterocycles. The molecule has 0 aliphatic carbocycles. The number of sulfonamides is 1. The van der Waals surface area contributed by atoms with Crippen molar-refractivity contribution in [2.24, 2.45) is 0 Å². The lowest BCUT2D eigenvalue weighted by Gasteiger charge is -2.39. The largest absolute Gasteiger partial charge is 0.368 e. The number of hydrogen-bond donors (Lipinski definition) is 0. The maximum absolute atomic E-state index is 13.2. The van der Waals surface area contributed by atoms with E-state index in [2.05, 4.69) is 4.90 Å². The van der Waals surface area contributed by atoms with Gasteiger partial charge in [0, 0.05) is 31.9 Å². The minimum atomic E-state index is -3.65. The van der Waals surface area contributed by atoms with Gasteiger partial charge in [-0.25, -0.2) is 12.8 Å². The lowest BCUT2D eigenvalue weighted by molar-refractivity contribution is -0.132. The number of carbonyl (C=O) groups excluding carboxylic acids is 1. The highest BCUT2D eigenvalue weighted by atomic mass is 32.2. The highest BCUT2D eigenvalue weighted by Gasteiger charge is 2.33. The Hall–Kier alpha value is -2.61. The molecule has 0 saturated carbocycles. The third-order valence-electron chi connectivity index (χ3n) is 5.31. The van der Waals surface area contributed by atoms with Gasteiger partial charge in [-0.1, -0.05) is 6.07 Å². The van der Waals surface area contributed by atoms with Gasteiger partial charge in [0.25, 0.3) is 0 Å². The number of aryl methyl sites for hydroxylation is 2. The monoisotopic (exact) mass is 433 g/mol. The SMILES string of the molecule is Cc1cc(C)cc(N(C(C)C(=O)N2CCN(c3ccc(F)cc3)CC2)S(C)(=O)=O)c1. The molecule has 1 fully saturated rings. The lowest BCUT2D eigenvalue weighted by Crippen LogP contribution is -2.55. The second-order valence-corrected chi connectivity index (χ2v) is 9.73. The molecule has 1 aliphatic rings. The first-order valence-electron chi connectivity index (χ1n) is 9.93. The van der Waals surface area contributed by atoms with Crippen LogP contribution in [0.2, 0.25) is 0 Å². The maximum Gasteiger partial charge on any atom is 0.246 e. The van der Waals surface area contributed by atoms with Gasteiger partial charge < -0.3 is 9.80 Å². The molecule has 0 radical (unpaired) electrons. The Balaban J connectivity index is 1.75. The van der Waals surface area contributed by atoms with E-state index in [4.69, 9.17) is 0 Å². The maximum atomic E-state index is 13.2. The van der Waals surface area contributed by atoms with Crippen LogP contribution in [0.15, 0.2) is 42.5 Å². The molecule has 0 spiro atoms. The predicted octanol–water partition coefficient (Wildman–Crippen LogP) is 2.95. The van der Waals surface area contributed by atoms with E-state index < -0.39 is 16.1 Å². The van der Waals surface area contributed by atoms with Crippen molar-refractivity contribution in [2.45, 2.75) is 26.8 Å². The van der Waals surface area contributed by atoms with Gasteiger partial charge in [0.2, 0.25) is 15.9 Å². The molecule has 162 valence electrons. The van der Waals surface area contributed by atoms with Crippen LogP contribution in [0.5, 0.6) is 0 Å². The van der Waals surface area contributed by atoms with Gasteiger partial charge in [0.15, 0.2) is 0 Å². The highest BCUT2D eigenvalue weighted by Crippen LogP contribution is 2.25. The van der Waals surface area contributed by atoms with Crippen molar-refractivity contribution in [3.05, 3.63) is 59.4 Å². The first-order valence-corrected chi connectivity index (χ1v) is 11.8. The zero-order chi connectivity index (χ0) is 22.1. The first-order chi connectivity index (χ1) is 14.1. The standard InChI is InChI=1S/C22H28FN3O3S/c1-16-13-17(2)15-21(14-16)26(30(4,28)29)18(3)22(27)25-11-9-24(10-12-25)20-7-5-19(23)6-8-20/h5-8,13-15,18H,9-12H2,1-4H3. The van der Waals surface area contributed by atoms with E-state index >= 15 is 0 Å². The zero-order valence-corrected chi connectivity index (χ0v) is 18.6. The van der Waals surface area contributed by atoms with Gasteiger partial charge in [0.05, 0.1) is 11.9 Å². The van der Waals surface area contributed by atoms with E-state index in [-0.39, 0.29) is 11.7 Å². The first kappa shape index (κ1) is 22.1. The summed E-state index contributed by atoms with van der Waals surface area (Å²) < 4.78 is 39.5. The smallest absolute Gasteiger partial charge is 0.246 e. The molecule has 3 rings (SSSR count). The number of piperazine rings is 1. The molecule has 1 amide bonds. The van der Waals surface area contributed by atoms with Crippen molar-refractivity contribution < 1.29 is 17.6 Å². The Labute approximate surface area is 177 Å². The van der Waals surface area contributed by atoms with Crippen molar-refractivity contribution in [1.29, 1.82) is 0 Å². The summed E-state index contributed by atoms with van der Waals surface area (Å²) in [6.07, 6.45) is 1.13. The molecule has 30 heavy (non-hydrogen) atoms. The number of nitrogens with zero attached hydrogens (tertiary/aromatic N) is 3. The Bertz CT molecular complexity index is 996. The minimum Gasteiger partial charge on any atom is -0.368 e. The van der Waals surface area contributed by atoms with Crippen LogP contribution in [0.25, 0.3) is 0 Å². The van der Waals surface area contributed by atoms with Crippen LogP contribution >= 0.6 is 0 Å². The molecule has 1 unspecified atom stereocenters. The van der Waals surface area contributed by atoms with Crippen LogP contribution in [-0.4, -0.2) is 57.7 Å². The Kier molecular flexibility index (Phi) is 6.36. The molecule has 0 aromatic heterocycles. The van der Waals surface area contributed by atoms with Gasteiger partial charge in [-0.2, -0.15) is 0 Å². The normalized spacial score (nSPS) is 15.8. The minimum absolute atomic E-state index is 0.224. The second-order valence-electron chi connectivity index (χ2n) is 7.87. The summed E-state index contributed by atoms with van der Waals surface area (Å²) in [7, 11) is -3.65. The Morgan fingerprint density at radius 1 is 1.00 bits per heavy atom. The summed E-state index contributed by atoms with van der Waals surface area (Å²) in [5.41, 5.74) is 3.28. The summed E-state index contributed by atoms with van der Waals surface area (Å²) >= 11 is 0. The quantitative estimate of drug-likeness (QED) is 0.728. The second kappa shape index (κ2) is 8.63. The van der Waals surface area contributed by atoms with Crippen LogP contribution in [0.4, 0.5) is 15.8 Å². The highest BCUT2D eigenvalue weighted by molar-refractivity contribution is 7.92. The average molecular weight is 434 g/mol. The Morgan fingerprint density at radius 2 is 1.53 bits per heavy atom. The molecule has 2 aromatic rings. The summed E-state index contributed by atoms with van der Waals surface area (Å²) in [5.74, 6) is -0.507. The fraction of sp³-hybridized carbons (Fsp3) is 0.409. The predicted molar refractivity (Wildman–Crippen MR) is 118 cm³/mol. The lowest BCUT2D eigenvalue weighted by atomic mass is 10.1. The molecule has 1 aliphatic heterocycles. The molecule has 0 bridgehead atoms. The number of hydrogen-bond acceptors (Lipinski definition) is 4. The van der Waals surface area contributed by atoms with Crippen molar-refractivity contribution in [3.8, 4) is 0 Å². The molecule has 1 saturated heterocycles. The van der Waals surface area contributed by atoms with Gasteiger partial charge in [-0.3, -0.25) is 9.10 Å². The number of anilines is 2. The number of amides is 1. The van der Waals surface area contributed by atoms with Crippen molar-refractivity contribution in [2.75, 3.05) is 41.6 Å². The molecular formula is C22H28FN3O3S. The fourth-order valence-corrected chi connectivity index (χ4v) is 5.13. The van der Waals surface area contributed by atoms with E-state index in [9.17, 15) is 17.6 Å².